The fourth-order valence-corrected chi connectivity index (χ4v) is 3.78. The first-order chi connectivity index (χ1) is 12.6. The van der Waals surface area contributed by atoms with Crippen molar-refractivity contribution in [1.82, 2.24) is 10.2 Å². The van der Waals surface area contributed by atoms with Crippen LogP contribution in [-0.2, 0) is 4.74 Å². The van der Waals surface area contributed by atoms with Crippen molar-refractivity contribution in [1.29, 1.82) is 0 Å². The highest BCUT2D eigenvalue weighted by Gasteiger charge is 2.42. The van der Waals surface area contributed by atoms with Crippen molar-refractivity contribution in [2.24, 2.45) is 0 Å². The first kappa shape index (κ1) is 17.1. The zero-order valence-corrected chi connectivity index (χ0v) is 14.7. The largest absolute Gasteiger partial charge is 0.490 e. The first-order valence-electron chi connectivity index (χ1n) is 9.11. The van der Waals surface area contributed by atoms with Gasteiger partial charge in [0.2, 0.25) is 0 Å². The van der Waals surface area contributed by atoms with E-state index in [0.29, 0.717) is 13.1 Å². The van der Waals surface area contributed by atoms with Crippen molar-refractivity contribution in [2.45, 2.75) is 24.5 Å². The Morgan fingerprint density at radius 1 is 1.19 bits per heavy atom. The van der Waals surface area contributed by atoms with E-state index in [1.807, 2.05) is 42.5 Å². The van der Waals surface area contributed by atoms with E-state index in [4.69, 9.17) is 9.47 Å². The van der Waals surface area contributed by atoms with Gasteiger partial charge in [0.25, 0.3) is 0 Å². The molecule has 1 spiro atoms. The average molecular weight is 356 g/mol. The highest BCUT2D eigenvalue weighted by molar-refractivity contribution is 5.88. The summed E-state index contributed by atoms with van der Waals surface area (Å²) >= 11 is 0. The third-order valence-corrected chi connectivity index (χ3v) is 5.28. The van der Waals surface area contributed by atoms with Crippen LogP contribution < -0.4 is 10.1 Å². The number of likely N-dealkylation sites (tertiary alicyclic amines) is 1. The molecule has 2 aliphatic heterocycles. The Hall–Kier alpha value is -2.31. The molecule has 6 heteroatoms. The lowest BCUT2D eigenvalue weighted by Crippen LogP contribution is -2.49. The molecule has 0 aromatic heterocycles. The van der Waals surface area contributed by atoms with Crippen molar-refractivity contribution in [2.75, 3.05) is 32.8 Å². The summed E-state index contributed by atoms with van der Waals surface area (Å²) in [5, 5.41) is 15.3. The summed E-state index contributed by atoms with van der Waals surface area (Å²) in [4.78, 5) is 13.5. The monoisotopic (exact) mass is 356 g/mol. The summed E-state index contributed by atoms with van der Waals surface area (Å²) < 4.78 is 11.3. The van der Waals surface area contributed by atoms with Crippen molar-refractivity contribution < 1.29 is 19.4 Å². The number of nitrogens with one attached hydrogen (secondary N) is 1. The van der Waals surface area contributed by atoms with Gasteiger partial charge in [0, 0.05) is 37.9 Å². The van der Waals surface area contributed by atoms with Crippen LogP contribution in [0.15, 0.2) is 42.5 Å². The number of amides is 1. The van der Waals surface area contributed by atoms with E-state index >= 15 is 0 Å². The summed E-state index contributed by atoms with van der Waals surface area (Å²) in [6.07, 6.45) is 0.708. The number of hydrogen-bond acceptors (Lipinski definition) is 5. The first-order valence-corrected chi connectivity index (χ1v) is 9.11. The number of carbonyl (C=O) groups excluding carboxylic acids is 1. The van der Waals surface area contributed by atoms with Crippen LogP contribution in [0.2, 0.25) is 0 Å². The smallest absolute Gasteiger partial charge is 0.407 e. The van der Waals surface area contributed by atoms with Gasteiger partial charge >= 0.3 is 6.09 Å². The highest BCUT2D eigenvalue weighted by Crippen LogP contribution is 2.29. The Bertz CT molecular complexity index is 781. The van der Waals surface area contributed by atoms with Crippen LogP contribution in [-0.4, -0.2) is 60.6 Å². The Balaban J connectivity index is 1.28. The molecule has 2 fully saturated rings. The summed E-state index contributed by atoms with van der Waals surface area (Å²) in [6, 6.07) is 14.0. The van der Waals surface area contributed by atoms with E-state index in [9.17, 15) is 9.90 Å². The Labute approximate surface area is 152 Å². The van der Waals surface area contributed by atoms with Gasteiger partial charge in [-0.15, -0.1) is 0 Å². The quantitative estimate of drug-likeness (QED) is 0.859. The van der Waals surface area contributed by atoms with Crippen LogP contribution in [0.1, 0.15) is 12.8 Å². The minimum absolute atomic E-state index is 0.256. The molecular weight excluding hydrogens is 332 g/mol. The third-order valence-electron chi connectivity index (χ3n) is 5.28. The third kappa shape index (κ3) is 3.61. The highest BCUT2D eigenvalue weighted by atomic mass is 16.6. The normalized spacial score (nSPS) is 20.7. The maximum atomic E-state index is 11.3. The van der Waals surface area contributed by atoms with Crippen LogP contribution in [0.25, 0.3) is 10.8 Å². The Morgan fingerprint density at radius 2 is 1.96 bits per heavy atom. The molecule has 0 radical (unpaired) electrons. The number of benzene rings is 2. The van der Waals surface area contributed by atoms with Gasteiger partial charge in [-0.05, 0) is 11.5 Å². The van der Waals surface area contributed by atoms with Crippen molar-refractivity contribution in [3.05, 3.63) is 42.5 Å². The molecule has 1 unspecified atom stereocenters. The van der Waals surface area contributed by atoms with Crippen LogP contribution in [0, 0.1) is 0 Å². The van der Waals surface area contributed by atoms with Crippen molar-refractivity contribution in [3.63, 3.8) is 0 Å². The number of rotatable bonds is 5. The maximum absolute atomic E-state index is 11.3. The van der Waals surface area contributed by atoms with Gasteiger partial charge < -0.3 is 24.8 Å². The minimum Gasteiger partial charge on any atom is -0.490 e. The van der Waals surface area contributed by atoms with Crippen molar-refractivity contribution >= 4 is 16.9 Å². The minimum atomic E-state index is -0.563. The van der Waals surface area contributed by atoms with Gasteiger partial charge in [-0.1, -0.05) is 36.4 Å². The topological polar surface area (TPSA) is 71.0 Å². The molecule has 2 saturated heterocycles. The Morgan fingerprint density at radius 3 is 2.73 bits per heavy atom. The molecule has 1 atom stereocenters. The number of piperidine rings is 1. The number of β-amino-alcohol motifs (C(OH)–C–C–N with tert-alkyl or cyclic N) is 1. The average Bonchev–Trinajstić information content (AvgIpc) is 3.02. The SMILES string of the molecule is O=C1NCC2(CCN(CC(O)COc3cccc4ccccc34)CC2)O1. The van der Waals surface area contributed by atoms with Gasteiger partial charge in [-0.25, -0.2) is 4.79 Å². The van der Waals surface area contributed by atoms with Gasteiger partial charge in [-0.2, -0.15) is 0 Å². The number of hydrogen-bond donors (Lipinski definition) is 2. The molecule has 2 aromatic rings. The molecule has 2 N–H and O–H groups in total. The number of fused-ring (bicyclic) bond motifs is 1. The number of alkyl carbamates (subject to hydrolysis) is 1. The molecule has 0 saturated carbocycles. The molecule has 2 aliphatic rings. The fourth-order valence-electron chi connectivity index (χ4n) is 3.78. The molecule has 2 heterocycles. The van der Waals surface area contributed by atoms with Gasteiger partial charge in [0.1, 0.15) is 24.1 Å². The maximum Gasteiger partial charge on any atom is 0.407 e. The standard InChI is InChI=1S/C20H24N2O4/c23-16(12-22-10-8-20(9-11-22)14-21-19(24)26-20)13-25-18-7-3-5-15-4-1-2-6-17(15)18/h1-7,16,23H,8-14H2,(H,21,24). The van der Waals surface area contributed by atoms with E-state index in [2.05, 4.69) is 10.2 Å². The zero-order valence-electron chi connectivity index (χ0n) is 14.7. The van der Waals surface area contributed by atoms with E-state index in [1.165, 1.54) is 0 Å². The van der Waals surface area contributed by atoms with Crippen LogP contribution in [0.5, 0.6) is 5.75 Å². The predicted octanol–water partition coefficient (Wildman–Crippen LogP) is 2.15. The summed E-state index contributed by atoms with van der Waals surface area (Å²) in [7, 11) is 0. The lowest BCUT2D eigenvalue weighted by atomic mass is 9.91. The van der Waals surface area contributed by atoms with Gasteiger partial charge in [-0.3, -0.25) is 0 Å². The molecule has 4 rings (SSSR count). The van der Waals surface area contributed by atoms with E-state index < -0.39 is 6.10 Å². The van der Waals surface area contributed by atoms with Gasteiger partial charge in [0.05, 0.1) is 6.54 Å². The number of aliphatic hydroxyl groups is 1. The summed E-state index contributed by atoms with van der Waals surface area (Å²) in [5.74, 6) is 0.795. The number of carbonyl (C=O) groups is 1. The molecular formula is C20H24N2O4. The number of nitrogens with zero attached hydrogens (tertiary/aromatic N) is 1. The molecule has 0 bridgehead atoms. The van der Waals surface area contributed by atoms with Gasteiger partial charge in [0.15, 0.2) is 0 Å². The molecule has 2 aromatic carbocycles. The zero-order chi connectivity index (χ0) is 18.0. The van der Waals surface area contributed by atoms with Crippen LogP contribution >= 0.6 is 0 Å². The van der Waals surface area contributed by atoms with E-state index in [0.717, 1.165) is 42.5 Å². The molecule has 6 nitrogen and oxygen atoms in total. The fraction of sp³-hybridized carbons (Fsp3) is 0.450. The molecule has 26 heavy (non-hydrogen) atoms. The second-order valence-electron chi connectivity index (χ2n) is 7.17. The van der Waals surface area contributed by atoms with E-state index in [1.54, 1.807) is 0 Å². The lowest BCUT2D eigenvalue weighted by molar-refractivity contribution is -0.0141. The lowest BCUT2D eigenvalue weighted by Gasteiger charge is -2.37. The second kappa shape index (κ2) is 7.13. The van der Waals surface area contributed by atoms with Crippen LogP contribution in [0.3, 0.4) is 0 Å². The number of ether oxygens (including phenoxy) is 2. The van der Waals surface area contributed by atoms with Crippen molar-refractivity contribution in [3.8, 4) is 5.75 Å². The predicted molar refractivity (Wildman–Crippen MR) is 98.3 cm³/mol. The molecule has 1 amide bonds. The molecule has 0 aliphatic carbocycles. The molecule has 138 valence electrons. The summed E-state index contributed by atoms with van der Waals surface area (Å²) in [6.45, 7) is 3.02. The Kier molecular flexibility index (Phi) is 4.70. The van der Waals surface area contributed by atoms with Crippen LogP contribution in [0.4, 0.5) is 4.79 Å². The summed E-state index contributed by atoms with van der Waals surface area (Å²) in [5.41, 5.74) is -0.349. The number of aliphatic hydroxyl groups excluding tert-OH is 1. The second-order valence-corrected chi connectivity index (χ2v) is 7.17. The van der Waals surface area contributed by atoms with E-state index in [-0.39, 0.29) is 18.3 Å².